The standard InChI is InChI=1S/C18H23N5O/c1-2-23-16-15(21-18(23)19)6-12(7-20-16)17(24)22-8-13-10-3-4-11(5-10)14(13)9-22/h6-7,10-11,13-14H,2-5,8-9H2,1H3,(H2,19,21). The second-order valence-electron chi connectivity index (χ2n) is 7.65. The van der Waals surface area contributed by atoms with Crippen molar-refractivity contribution in [3.8, 4) is 0 Å². The van der Waals surface area contributed by atoms with Crippen molar-refractivity contribution in [3.05, 3.63) is 17.8 Å². The normalized spacial score (nSPS) is 31.1. The minimum atomic E-state index is 0.0998. The van der Waals surface area contributed by atoms with Crippen molar-refractivity contribution in [2.75, 3.05) is 18.8 Å². The van der Waals surface area contributed by atoms with Crippen LogP contribution in [0, 0.1) is 23.7 Å². The van der Waals surface area contributed by atoms with Crippen LogP contribution in [0.3, 0.4) is 0 Å². The highest BCUT2D eigenvalue weighted by Crippen LogP contribution is 2.55. The number of likely N-dealkylation sites (tertiary alicyclic amines) is 1. The van der Waals surface area contributed by atoms with Gasteiger partial charge in [-0.05, 0) is 55.9 Å². The Labute approximate surface area is 141 Å². The summed E-state index contributed by atoms with van der Waals surface area (Å²) < 4.78 is 1.86. The van der Waals surface area contributed by atoms with Gasteiger partial charge in [0.15, 0.2) is 5.65 Å². The van der Waals surface area contributed by atoms with Gasteiger partial charge in [0.2, 0.25) is 5.95 Å². The molecular weight excluding hydrogens is 302 g/mol. The number of aryl methyl sites for hydroxylation is 1. The summed E-state index contributed by atoms with van der Waals surface area (Å²) >= 11 is 0. The largest absolute Gasteiger partial charge is 0.369 e. The highest BCUT2D eigenvalue weighted by atomic mass is 16.2. The highest BCUT2D eigenvalue weighted by molar-refractivity contribution is 5.96. The summed E-state index contributed by atoms with van der Waals surface area (Å²) in [6.07, 6.45) is 5.82. The van der Waals surface area contributed by atoms with Crippen LogP contribution in [0.4, 0.5) is 5.95 Å². The molecule has 2 aromatic rings. The number of rotatable bonds is 2. The summed E-state index contributed by atoms with van der Waals surface area (Å²) in [7, 11) is 0. The fraction of sp³-hybridized carbons (Fsp3) is 0.611. The van der Waals surface area contributed by atoms with E-state index >= 15 is 0 Å². The van der Waals surface area contributed by atoms with E-state index in [0.717, 1.165) is 49.0 Å². The molecule has 24 heavy (non-hydrogen) atoms. The lowest BCUT2D eigenvalue weighted by atomic mass is 9.82. The van der Waals surface area contributed by atoms with Crippen molar-refractivity contribution in [2.24, 2.45) is 23.7 Å². The number of nitrogen functional groups attached to an aromatic ring is 1. The van der Waals surface area contributed by atoms with Gasteiger partial charge >= 0.3 is 0 Å². The second-order valence-corrected chi connectivity index (χ2v) is 7.65. The molecule has 0 aromatic carbocycles. The lowest BCUT2D eigenvalue weighted by molar-refractivity contribution is 0.0776. The van der Waals surface area contributed by atoms with E-state index in [1.807, 2.05) is 22.5 Å². The summed E-state index contributed by atoms with van der Waals surface area (Å²) in [4.78, 5) is 23.8. The fourth-order valence-corrected chi connectivity index (χ4v) is 5.49. The first-order valence-electron chi connectivity index (χ1n) is 9.06. The number of fused-ring (bicyclic) bond motifs is 6. The van der Waals surface area contributed by atoms with Gasteiger partial charge in [0.25, 0.3) is 5.91 Å². The van der Waals surface area contributed by atoms with Gasteiger partial charge < -0.3 is 10.6 Å². The molecule has 2 saturated carbocycles. The Hall–Kier alpha value is -2.11. The number of anilines is 1. The van der Waals surface area contributed by atoms with Crippen LogP contribution in [0.1, 0.15) is 36.5 Å². The summed E-state index contributed by atoms with van der Waals surface area (Å²) in [5.41, 5.74) is 8.02. The third-order valence-electron chi connectivity index (χ3n) is 6.60. The maximum atomic E-state index is 12.9. The molecule has 0 radical (unpaired) electrons. The van der Waals surface area contributed by atoms with Gasteiger partial charge in [0, 0.05) is 25.8 Å². The molecule has 126 valence electrons. The number of nitrogens with zero attached hydrogens (tertiary/aromatic N) is 4. The van der Waals surface area contributed by atoms with E-state index in [-0.39, 0.29) is 5.91 Å². The fourth-order valence-electron chi connectivity index (χ4n) is 5.49. The van der Waals surface area contributed by atoms with Gasteiger partial charge in [-0.2, -0.15) is 0 Å². The molecule has 2 aliphatic carbocycles. The molecular formula is C18H23N5O. The third-order valence-corrected chi connectivity index (χ3v) is 6.60. The van der Waals surface area contributed by atoms with Gasteiger partial charge in [0.05, 0.1) is 5.56 Å². The first kappa shape index (κ1) is 14.3. The number of imidazole rings is 1. The Bertz CT molecular complexity index is 810. The van der Waals surface area contributed by atoms with Gasteiger partial charge in [-0.25, -0.2) is 9.97 Å². The lowest BCUT2D eigenvalue weighted by Gasteiger charge is -2.22. The van der Waals surface area contributed by atoms with Crippen LogP contribution in [0.5, 0.6) is 0 Å². The van der Waals surface area contributed by atoms with Gasteiger partial charge in [-0.1, -0.05) is 0 Å². The van der Waals surface area contributed by atoms with Gasteiger partial charge in [-0.15, -0.1) is 0 Å². The maximum Gasteiger partial charge on any atom is 0.255 e. The summed E-state index contributed by atoms with van der Waals surface area (Å²) in [6.45, 7) is 4.58. The number of aromatic nitrogens is 3. The minimum absolute atomic E-state index is 0.0998. The molecule has 4 unspecified atom stereocenters. The molecule has 3 aliphatic rings. The third kappa shape index (κ3) is 1.85. The van der Waals surface area contributed by atoms with Crippen LogP contribution in [-0.4, -0.2) is 38.4 Å². The Morgan fingerprint density at radius 1 is 1.29 bits per heavy atom. The number of hydrogen-bond donors (Lipinski definition) is 1. The number of hydrogen-bond acceptors (Lipinski definition) is 4. The van der Waals surface area contributed by atoms with Crippen molar-refractivity contribution >= 4 is 23.0 Å². The van der Waals surface area contributed by atoms with Crippen molar-refractivity contribution in [1.82, 2.24) is 19.4 Å². The van der Waals surface area contributed by atoms with Crippen LogP contribution in [0.2, 0.25) is 0 Å². The zero-order valence-electron chi connectivity index (χ0n) is 14.0. The predicted octanol–water partition coefficient (Wildman–Crippen LogP) is 2.15. The van der Waals surface area contributed by atoms with Crippen molar-refractivity contribution in [1.29, 1.82) is 0 Å². The van der Waals surface area contributed by atoms with Crippen molar-refractivity contribution < 1.29 is 4.79 Å². The molecule has 1 amide bonds. The molecule has 1 saturated heterocycles. The Balaban J connectivity index is 1.42. The molecule has 4 atom stereocenters. The molecule has 1 aliphatic heterocycles. The van der Waals surface area contributed by atoms with E-state index in [1.54, 1.807) is 6.20 Å². The average molecular weight is 325 g/mol. The first-order valence-corrected chi connectivity index (χ1v) is 9.06. The molecule has 2 aromatic heterocycles. The molecule has 2 N–H and O–H groups in total. The van der Waals surface area contributed by atoms with Gasteiger partial charge in [-0.3, -0.25) is 9.36 Å². The topological polar surface area (TPSA) is 77.0 Å². The SMILES string of the molecule is CCn1c(N)nc2cc(C(=O)N3CC4C5CCC(C5)C4C3)cnc21. The Morgan fingerprint density at radius 2 is 2.00 bits per heavy atom. The van der Waals surface area contributed by atoms with E-state index in [9.17, 15) is 4.79 Å². The summed E-state index contributed by atoms with van der Waals surface area (Å²) in [5.74, 6) is 3.75. The zero-order valence-corrected chi connectivity index (χ0v) is 14.0. The predicted molar refractivity (Wildman–Crippen MR) is 91.3 cm³/mol. The maximum absolute atomic E-state index is 12.9. The first-order chi connectivity index (χ1) is 11.7. The highest BCUT2D eigenvalue weighted by Gasteiger charge is 2.52. The van der Waals surface area contributed by atoms with Crippen LogP contribution in [-0.2, 0) is 6.54 Å². The van der Waals surface area contributed by atoms with E-state index in [4.69, 9.17) is 5.73 Å². The molecule has 6 heteroatoms. The quantitative estimate of drug-likeness (QED) is 0.918. The number of carbonyl (C=O) groups excluding carboxylic acids is 1. The average Bonchev–Trinajstić information content (AvgIpc) is 3.32. The number of nitrogens with two attached hydrogens (primary N) is 1. The van der Waals surface area contributed by atoms with E-state index in [0.29, 0.717) is 17.0 Å². The number of carbonyl (C=O) groups is 1. The van der Waals surface area contributed by atoms with E-state index in [1.165, 1.54) is 19.3 Å². The summed E-state index contributed by atoms with van der Waals surface area (Å²) in [5, 5.41) is 0. The molecule has 6 nitrogen and oxygen atoms in total. The Morgan fingerprint density at radius 3 is 2.67 bits per heavy atom. The minimum Gasteiger partial charge on any atom is -0.369 e. The number of pyridine rings is 1. The monoisotopic (exact) mass is 325 g/mol. The summed E-state index contributed by atoms with van der Waals surface area (Å²) in [6, 6.07) is 1.84. The molecule has 5 rings (SSSR count). The smallest absolute Gasteiger partial charge is 0.255 e. The van der Waals surface area contributed by atoms with Crippen LogP contribution in [0.25, 0.3) is 11.2 Å². The molecule has 3 fully saturated rings. The van der Waals surface area contributed by atoms with Crippen molar-refractivity contribution in [3.63, 3.8) is 0 Å². The number of amides is 1. The zero-order chi connectivity index (χ0) is 16.4. The molecule has 3 heterocycles. The van der Waals surface area contributed by atoms with Crippen LogP contribution in [0.15, 0.2) is 12.3 Å². The van der Waals surface area contributed by atoms with Crippen LogP contribution >= 0.6 is 0 Å². The molecule has 2 bridgehead atoms. The van der Waals surface area contributed by atoms with Gasteiger partial charge in [0.1, 0.15) is 5.52 Å². The Kier molecular flexibility index (Phi) is 2.94. The molecule has 0 spiro atoms. The van der Waals surface area contributed by atoms with Crippen LogP contribution < -0.4 is 5.73 Å². The van der Waals surface area contributed by atoms with E-state index < -0.39 is 0 Å². The lowest BCUT2D eigenvalue weighted by Crippen LogP contribution is -2.30. The van der Waals surface area contributed by atoms with E-state index in [2.05, 4.69) is 9.97 Å². The second kappa shape index (κ2) is 4.94. The van der Waals surface area contributed by atoms with Crippen molar-refractivity contribution in [2.45, 2.75) is 32.7 Å².